The summed E-state index contributed by atoms with van der Waals surface area (Å²) in [7, 11) is 0. The number of benzene rings is 1. The highest BCUT2D eigenvalue weighted by molar-refractivity contribution is 9.09. The monoisotopic (exact) mass is 360 g/mol. The number of nitrogens with one attached hydrogen (secondary N) is 1. The molecule has 0 radical (unpaired) electrons. The maximum Gasteiger partial charge on any atom is 0.283 e. The molecule has 1 aromatic rings. The fraction of sp³-hybridized carbons (Fsp3) is 0.462. The number of carbonyl (C=O) groups is 1. The lowest BCUT2D eigenvalue weighted by molar-refractivity contribution is -0.385. The molecule has 1 amide bonds. The van der Waals surface area contributed by atoms with Crippen molar-refractivity contribution in [2.75, 3.05) is 0 Å². The zero-order valence-corrected chi connectivity index (χ0v) is 13.0. The molecule has 0 spiro atoms. The molecule has 108 valence electrons. The standard InChI is InChI=1S/C13H14BrClN2O3/c14-8-1-4-10(5-2-8)16-13(18)11-6-3-9(15)7-12(11)17(19)20/h3,6-8,10H,1-2,4-5H2,(H,16,18). The summed E-state index contributed by atoms with van der Waals surface area (Å²) in [5.41, 5.74) is -0.204. The smallest absolute Gasteiger partial charge is 0.283 e. The van der Waals surface area contributed by atoms with Crippen LogP contribution in [0.3, 0.4) is 0 Å². The third-order valence-electron chi connectivity index (χ3n) is 3.39. The van der Waals surface area contributed by atoms with Gasteiger partial charge in [-0.2, -0.15) is 0 Å². The Morgan fingerprint density at radius 1 is 1.35 bits per heavy atom. The summed E-state index contributed by atoms with van der Waals surface area (Å²) in [5.74, 6) is -0.411. The fourth-order valence-corrected chi connectivity index (χ4v) is 3.00. The minimum absolute atomic E-state index is 0.0559. The lowest BCUT2D eigenvalue weighted by atomic mass is 9.95. The van der Waals surface area contributed by atoms with Gasteiger partial charge in [-0.05, 0) is 37.8 Å². The van der Waals surface area contributed by atoms with E-state index in [0.29, 0.717) is 4.83 Å². The summed E-state index contributed by atoms with van der Waals surface area (Å²) < 4.78 is 0. The van der Waals surface area contributed by atoms with Crippen molar-refractivity contribution in [2.45, 2.75) is 36.6 Å². The minimum Gasteiger partial charge on any atom is -0.349 e. The third-order valence-corrected chi connectivity index (χ3v) is 4.54. The number of alkyl halides is 1. The van der Waals surface area contributed by atoms with Crippen molar-refractivity contribution < 1.29 is 9.72 Å². The molecule has 0 heterocycles. The van der Waals surface area contributed by atoms with Crippen LogP contribution in [0.1, 0.15) is 36.0 Å². The van der Waals surface area contributed by atoms with Gasteiger partial charge in [0.2, 0.25) is 0 Å². The van der Waals surface area contributed by atoms with E-state index in [4.69, 9.17) is 11.6 Å². The predicted molar refractivity (Wildman–Crippen MR) is 80.5 cm³/mol. The SMILES string of the molecule is O=C(NC1CCC(Br)CC1)c1ccc(Cl)cc1[N+](=O)[O-]. The molecule has 1 aliphatic rings. The Kier molecular flexibility index (Phi) is 4.99. The van der Waals surface area contributed by atoms with E-state index in [1.807, 2.05) is 0 Å². The summed E-state index contributed by atoms with van der Waals surface area (Å²) >= 11 is 9.28. The maximum absolute atomic E-state index is 12.2. The predicted octanol–water partition coefficient (Wildman–Crippen LogP) is 3.68. The number of carbonyl (C=O) groups excluding carboxylic acids is 1. The zero-order valence-electron chi connectivity index (χ0n) is 10.6. The first kappa shape index (κ1) is 15.3. The van der Waals surface area contributed by atoms with Gasteiger partial charge < -0.3 is 5.32 Å². The van der Waals surface area contributed by atoms with Crippen LogP contribution in [0.4, 0.5) is 5.69 Å². The molecule has 7 heteroatoms. The first-order valence-corrected chi connectivity index (χ1v) is 7.65. The van der Waals surface area contributed by atoms with Crippen molar-refractivity contribution >= 4 is 39.1 Å². The molecular formula is C13H14BrClN2O3. The summed E-state index contributed by atoms with van der Waals surface area (Å²) in [4.78, 5) is 23.0. The Hall–Kier alpha value is -1.14. The van der Waals surface area contributed by atoms with Gasteiger partial charge in [-0.15, -0.1) is 0 Å². The topological polar surface area (TPSA) is 72.2 Å². The van der Waals surface area contributed by atoms with E-state index in [0.717, 1.165) is 25.7 Å². The fourth-order valence-electron chi connectivity index (χ4n) is 2.31. The average molecular weight is 362 g/mol. The van der Waals surface area contributed by atoms with Gasteiger partial charge in [0.15, 0.2) is 0 Å². The van der Waals surface area contributed by atoms with Gasteiger partial charge in [-0.3, -0.25) is 14.9 Å². The van der Waals surface area contributed by atoms with Gasteiger partial charge in [0.25, 0.3) is 11.6 Å². The Balaban J connectivity index is 2.11. The number of nitro groups is 1. The Bertz CT molecular complexity index is 530. The van der Waals surface area contributed by atoms with Crippen molar-refractivity contribution in [1.82, 2.24) is 5.32 Å². The van der Waals surface area contributed by atoms with Crippen LogP contribution in [0.5, 0.6) is 0 Å². The van der Waals surface area contributed by atoms with Gasteiger partial charge in [-0.25, -0.2) is 0 Å². The van der Waals surface area contributed by atoms with Crippen molar-refractivity contribution in [2.24, 2.45) is 0 Å². The molecule has 5 nitrogen and oxygen atoms in total. The summed E-state index contributed by atoms with van der Waals surface area (Å²) in [6.45, 7) is 0. The third kappa shape index (κ3) is 3.70. The van der Waals surface area contributed by atoms with E-state index in [1.54, 1.807) is 0 Å². The average Bonchev–Trinajstić information content (AvgIpc) is 2.41. The van der Waals surface area contributed by atoms with Crippen molar-refractivity contribution in [3.8, 4) is 0 Å². The van der Waals surface area contributed by atoms with Crippen LogP contribution in [0.25, 0.3) is 0 Å². The van der Waals surface area contributed by atoms with Crippen molar-refractivity contribution in [1.29, 1.82) is 0 Å². The van der Waals surface area contributed by atoms with Crippen molar-refractivity contribution in [3.63, 3.8) is 0 Å². The summed E-state index contributed by atoms with van der Waals surface area (Å²) in [5, 5.41) is 14.1. The Morgan fingerprint density at radius 3 is 2.60 bits per heavy atom. The van der Waals surface area contributed by atoms with Crippen LogP contribution >= 0.6 is 27.5 Å². The quantitative estimate of drug-likeness (QED) is 0.507. The highest BCUT2D eigenvalue weighted by Crippen LogP contribution is 2.26. The Morgan fingerprint density at radius 2 is 2.00 bits per heavy atom. The second-order valence-electron chi connectivity index (χ2n) is 4.84. The van der Waals surface area contributed by atoms with E-state index in [9.17, 15) is 14.9 Å². The van der Waals surface area contributed by atoms with Crippen LogP contribution in [0, 0.1) is 10.1 Å². The first-order chi connectivity index (χ1) is 9.47. The van der Waals surface area contributed by atoms with Gasteiger partial charge >= 0.3 is 0 Å². The molecule has 0 unspecified atom stereocenters. The number of amides is 1. The molecule has 1 N–H and O–H groups in total. The summed E-state index contributed by atoms with van der Waals surface area (Å²) in [6, 6.07) is 4.16. The van der Waals surface area contributed by atoms with Crippen LogP contribution in [-0.2, 0) is 0 Å². The second kappa shape index (κ2) is 6.54. The number of rotatable bonds is 3. The second-order valence-corrected chi connectivity index (χ2v) is 6.57. The number of hydrogen-bond donors (Lipinski definition) is 1. The first-order valence-electron chi connectivity index (χ1n) is 6.36. The Labute approximate surface area is 130 Å². The molecule has 0 aliphatic heterocycles. The molecule has 2 rings (SSSR count). The largest absolute Gasteiger partial charge is 0.349 e. The molecule has 20 heavy (non-hydrogen) atoms. The highest BCUT2D eigenvalue weighted by atomic mass is 79.9. The number of nitro benzene ring substituents is 1. The van der Waals surface area contributed by atoms with Gasteiger partial charge in [0.1, 0.15) is 5.56 Å². The molecule has 0 bridgehead atoms. The van der Waals surface area contributed by atoms with E-state index in [2.05, 4.69) is 21.2 Å². The van der Waals surface area contributed by atoms with Crippen LogP contribution in [0.15, 0.2) is 18.2 Å². The van der Waals surface area contributed by atoms with Gasteiger partial charge in [0.05, 0.1) is 4.92 Å². The van der Waals surface area contributed by atoms with Crippen LogP contribution in [-0.4, -0.2) is 21.7 Å². The van der Waals surface area contributed by atoms with Gasteiger partial charge in [0, 0.05) is 22.0 Å². The molecule has 1 aliphatic carbocycles. The molecule has 1 saturated carbocycles. The lowest BCUT2D eigenvalue weighted by Gasteiger charge is -2.25. The van der Waals surface area contributed by atoms with E-state index < -0.39 is 10.8 Å². The van der Waals surface area contributed by atoms with Gasteiger partial charge in [-0.1, -0.05) is 27.5 Å². The van der Waals surface area contributed by atoms with Crippen LogP contribution < -0.4 is 5.32 Å². The normalized spacial score (nSPS) is 22.3. The van der Waals surface area contributed by atoms with E-state index in [1.165, 1.54) is 18.2 Å². The lowest BCUT2D eigenvalue weighted by Crippen LogP contribution is -2.38. The molecule has 1 fully saturated rings. The van der Waals surface area contributed by atoms with E-state index in [-0.39, 0.29) is 22.3 Å². The zero-order chi connectivity index (χ0) is 14.7. The molecule has 0 saturated heterocycles. The summed E-state index contributed by atoms with van der Waals surface area (Å²) in [6.07, 6.45) is 3.74. The molecule has 0 aromatic heterocycles. The number of halogens is 2. The number of hydrogen-bond acceptors (Lipinski definition) is 3. The number of nitrogens with zero attached hydrogens (tertiary/aromatic N) is 1. The molecule has 0 atom stereocenters. The maximum atomic E-state index is 12.2. The van der Waals surface area contributed by atoms with Crippen molar-refractivity contribution in [3.05, 3.63) is 38.9 Å². The van der Waals surface area contributed by atoms with Crippen LogP contribution in [0.2, 0.25) is 5.02 Å². The molecule has 1 aromatic carbocycles. The van der Waals surface area contributed by atoms with E-state index >= 15 is 0 Å². The highest BCUT2D eigenvalue weighted by Gasteiger charge is 2.25. The molecular weight excluding hydrogens is 348 g/mol. The minimum atomic E-state index is -0.587.